The van der Waals surface area contributed by atoms with Gasteiger partial charge in [-0.3, -0.25) is 4.79 Å². The lowest BCUT2D eigenvalue weighted by Crippen LogP contribution is -2.13. The molecule has 4 heteroatoms. The van der Waals surface area contributed by atoms with Gasteiger partial charge in [-0.25, -0.2) is 4.79 Å². The predicted molar refractivity (Wildman–Crippen MR) is 48.9 cm³/mol. The molecule has 0 aliphatic carbocycles. The van der Waals surface area contributed by atoms with Crippen LogP contribution in [0.5, 0.6) is 0 Å². The molecule has 0 aliphatic rings. The quantitative estimate of drug-likeness (QED) is 0.443. The molecule has 1 atom stereocenters. The molecule has 4 nitrogen and oxygen atoms in total. The number of carbonyl (C=O) groups excluding carboxylic acids is 2. The van der Waals surface area contributed by atoms with E-state index in [1.807, 2.05) is 0 Å². The molecule has 0 saturated heterocycles. The van der Waals surface area contributed by atoms with Gasteiger partial charge >= 0.3 is 5.97 Å². The van der Waals surface area contributed by atoms with Crippen molar-refractivity contribution in [3.05, 3.63) is 35.4 Å². The zero-order valence-corrected chi connectivity index (χ0v) is 7.64. The second kappa shape index (κ2) is 4.53. The van der Waals surface area contributed by atoms with Crippen molar-refractivity contribution in [1.29, 1.82) is 0 Å². The van der Waals surface area contributed by atoms with Crippen LogP contribution in [0.2, 0.25) is 0 Å². The molecular weight excluding hydrogens is 184 g/mol. The number of aliphatic hydroxyl groups excluding tert-OH is 1. The second-order valence-corrected chi connectivity index (χ2v) is 2.74. The van der Waals surface area contributed by atoms with Crippen LogP contribution in [0.25, 0.3) is 0 Å². The van der Waals surface area contributed by atoms with Crippen molar-refractivity contribution in [2.24, 2.45) is 0 Å². The molecule has 1 aromatic carbocycles. The van der Waals surface area contributed by atoms with E-state index in [1.54, 1.807) is 0 Å². The first-order chi connectivity index (χ1) is 6.63. The fourth-order valence-corrected chi connectivity index (χ4v) is 0.921. The van der Waals surface area contributed by atoms with Gasteiger partial charge in [0, 0.05) is 5.56 Å². The first-order valence-electron chi connectivity index (χ1n) is 4.08. The highest BCUT2D eigenvalue weighted by molar-refractivity contribution is 5.90. The van der Waals surface area contributed by atoms with Crippen LogP contribution in [0, 0.1) is 0 Å². The molecule has 0 aliphatic heterocycles. The lowest BCUT2D eigenvalue weighted by atomic mass is 10.1. The number of ether oxygens (including phenoxy) is 1. The third-order valence-corrected chi connectivity index (χ3v) is 1.56. The molecule has 0 spiro atoms. The van der Waals surface area contributed by atoms with E-state index in [-0.39, 0.29) is 0 Å². The van der Waals surface area contributed by atoms with Gasteiger partial charge in [-0.05, 0) is 19.1 Å². The van der Waals surface area contributed by atoms with Gasteiger partial charge in [0.25, 0.3) is 0 Å². The molecule has 1 aromatic rings. The molecule has 0 aromatic heterocycles. The molecule has 0 amide bonds. The van der Waals surface area contributed by atoms with Gasteiger partial charge < -0.3 is 9.84 Å². The maximum Gasteiger partial charge on any atom is 0.340 e. The van der Waals surface area contributed by atoms with Gasteiger partial charge in [0.05, 0.1) is 5.56 Å². The van der Waals surface area contributed by atoms with Gasteiger partial charge in [-0.2, -0.15) is 0 Å². The lowest BCUT2D eigenvalue weighted by Gasteiger charge is -2.06. The highest BCUT2D eigenvalue weighted by Gasteiger charge is 2.08. The van der Waals surface area contributed by atoms with Crippen molar-refractivity contribution < 1.29 is 19.4 Å². The Labute approximate surface area is 81.1 Å². The highest BCUT2D eigenvalue weighted by Crippen LogP contribution is 2.05. The number of hydrogen-bond donors (Lipinski definition) is 1. The third kappa shape index (κ3) is 2.67. The van der Waals surface area contributed by atoms with Crippen LogP contribution in [-0.4, -0.2) is 23.7 Å². The minimum atomic E-state index is -1.13. The van der Waals surface area contributed by atoms with Crippen LogP contribution in [0.1, 0.15) is 27.6 Å². The Kier molecular flexibility index (Phi) is 3.36. The predicted octanol–water partition coefficient (Wildman–Crippen LogP) is 0.994. The van der Waals surface area contributed by atoms with Gasteiger partial charge in [0.2, 0.25) is 0 Å². The largest absolute Gasteiger partial charge is 0.433 e. The summed E-state index contributed by atoms with van der Waals surface area (Å²) < 4.78 is 4.54. The Morgan fingerprint density at radius 1 is 1.43 bits per heavy atom. The van der Waals surface area contributed by atoms with E-state index in [4.69, 9.17) is 5.11 Å². The second-order valence-electron chi connectivity index (χ2n) is 2.74. The topological polar surface area (TPSA) is 63.6 Å². The van der Waals surface area contributed by atoms with Gasteiger partial charge in [0.1, 0.15) is 6.29 Å². The number of aldehydes is 1. The van der Waals surface area contributed by atoms with Crippen LogP contribution in [0.15, 0.2) is 24.3 Å². The number of aliphatic hydroxyl groups is 1. The lowest BCUT2D eigenvalue weighted by molar-refractivity contribution is -0.0523. The molecule has 74 valence electrons. The van der Waals surface area contributed by atoms with Crippen molar-refractivity contribution >= 4 is 12.3 Å². The van der Waals surface area contributed by atoms with Crippen molar-refractivity contribution in [3.8, 4) is 0 Å². The summed E-state index contributed by atoms with van der Waals surface area (Å²) in [5.41, 5.74) is 0.787. The van der Waals surface area contributed by atoms with Crippen LogP contribution >= 0.6 is 0 Å². The Hall–Kier alpha value is -1.68. The molecule has 0 saturated carbocycles. The average molecular weight is 194 g/mol. The maximum atomic E-state index is 11.2. The fraction of sp³-hybridized carbons (Fsp3) is 0.200. The highest BCUT2D eigenvalue weighted by atomic mass is 16.6. The van der Waals surface area contributed by atoms with Crippen molar-refractivity contribution in [2.75, 3.05) is 0 Å². The summed E-state index contributed by atoms with van der Waals surface area (Å²) >= 11 is 0. The first kappa shape index (κ1) is 10.4. The standard InChI is InChI=1S/C10H10O4/c1-7(12)14-10(13)9-4-2-8(6-11)3-5-9/h2-7,12H,1H3. The smallest absolute Gasteiger partial charge is 0.340 e. The monoisotopic (exact) mass is 194 g/mol. The van der Waals surface area contributed by atoms with Crippen molar-refractivity contribution in [2.45, 2.75) is 13.2 Å². The normalized spacial score (nSPS) is 11.9. The Bertz CT molecular complexity index is 326. The van der Waals surface area contributed by atoms with Gasteiger partial charge in [0.15, 0.2) is 6.29 Å². The Morgan fingerprint density at radius 3 is 2.43 bits per heavy atom. The zero-order valence-electron chi connectivity index (χ0n) is 7.64. The van der Waals surface area contributed by atoms with E-state index in [0.717, 1.165) is 0 Å². The molecule has 0 radical (unpaired) electrons. The van der Waals surface area contributed by atoms with Crippen molar-refractivity contribution in [3.63, 3.8) is 0 Å². The summed E-state index contributed by atoms with van der Waals surface area (Å²) in [6, 6.07) is 5.94. The van der Waals surface area contributed by atoms with Crippen molar-refractivity contribution in [1.82, 2.24) is 0 Å². The van der Waals surface area contributed by atoms with E-state index < -0.39 is 12.3 Å². The van der Waals surface area contributed by atoms with Crippen LogP contribution < -0.4 is 0 Å². The summed E-state index contributed by atoms with van der Waals surface area (Å²) in [5, 5.41) is 8.79. The minimum Gasteiger partial charge on any atom is -0.433 e. The van der Waals surface area contributed by atoms with Crippen LogP contribution in [0.4, 0.5) is 0 Å². The van der Waals surface area contributed by atoms with Gasteiger partial charge in [-0.15, -0.1) is 0 Å². The number of hydrogen-bond acceptors (Lipinski definition) is 4. The molecule has 1 rings (SSSR count). The zero-order chi connectivity index (χ0) is 10.6. The Balaban J connectivity index is 2.76. The molecule has 0 bridgehead atoms. The summed E-state index contributed by atoms with van der Waals surface area (Å²) in [4.78, 5) is 21.5. The van der Waals surface area contributed by atoms with E-state index in [0.29, 0.717) is 17.4 Å². The first-order valence-corrected chi connectivity index (χ1v) is 4.08. The van der Waals surface area contributed by atoms with Gasteiger partial charge in [-0.1, -0.05) is 12.1 Å². The molecule has 0 heterocycles. The number of rotatable bonds is 3. The van der Waals surface area contributed by atoms with E-state index >= 15 is 0 Å². The number of esters is 1. The fourth-order valence-electron chi connectivity index (χ4n) is 0.921. The summed E-state index contributed by atoms with van der Waals surface area (Å²) in [6.45, 7) is 1.34. The molecule has 1 unspecified atom stereocenters. The molecule has 14 heavy (non-hydrogen) atoms. The minimum absolute atomic E-state index is 0.302. The molecule has 0 fully saturated rings. The van der Waals surface area contributed by atoms with Crippen LogP contribution in [-0.2, 0) is 4.74 Å². The SMILES string of the molecule is CC(O)OC(=O)c1ccc(C=O)cc1. The number of carbonyl (C=O) groups is 2. The van der Waals surface area contributed by atoms with Crippen LogP contribution in [0.3, 0.4) is 0 Å². The molecule has 1 N–H and O–H groups in total. The Morgan fingerprint density at radius 2 is 2.00 bits per heavy atom. The average Bonchev–Trinajstić information content (AvgIpc) is 2.17. The summed E-state index contributed by atoms with van der Waals surface area (Å²) in [7, 11) is 0. The summed E-state index contributed by atoms with van der Waals surface area (Å²) in [5.74, 6) is -0.613. The van der Waals surface area contributed by atoms with E-state index in [1.165, 1.54) is 31.2 Å². The third-order valence-electron chi connectivity index (χ3n) is 1.56. The maximum absolute atomic E-state index is 11.2. The van der Waals surface area contributed by atoms with E-state index in [9.17, 15) is 9.59 Å². The molecular formula is C10H10O4. The summed E-state index contributed by atoms with van der Waals surface area (Å²) in [6.07, 6.45) is -0.447. The van der Waals surface area contributed by atoms with E-state index in [2.05, 4.69) is 4.74 Å². The number of benzene rings is 1.